The van der Waals surface area contributed by atoms with Crippen LogP contribution in [0.3, 0.4) is 0 Å². The summed E-state index contributed by atoms with van der Waals surface area (Å²) in [6.07, 6.45) is 4.16. The summed E-state index contributed by atoms with van der Waals surface area (Å²) in [6.45, 7) is 6.39. The van der Waals surface area contributed by atoms with E-state index in [1.165, 1.54) is 0 Å². The van der Waals surface area contributed by atoms with Crippen molar-refractivity contribution in [2.45, 2.75) is 45.7 Å². The molecule has 1 rings (SSSR count). The highest BCUT2D eigenvalue weighted by Gasteiger charge is 2.12. The maximum Gasteiger partial charge on any atom is 0.128 e. The fraction of sp³-hybridized carbons (Fsp3) is 0.615. The summed E-state index contributed by atoms with van der Waals surface area (Å²) in [7, 11) is 2.10. The number of anilines is 1. The Morgan fingerprint density at radius 2 is 1.94 bits per heavy atom. The van der Waals surface area contributed by atoms with Crippen molar-refractivity contribution in [3.8, 4) is 0 Å². The Morgan fingerprint density at radius 1 is 1.31 bits per heavy atom. The van der Waals surface area contributed by atoms with Gasteiger partial charge in [-0.3, -0.25) is 0 Å². The van der Waals surface area contributed by atoms with Gasteiger partial charge in [-0.05, 0) is 31.4 Å². The van der Waals surface area contributed by atoms with Gasteiger partial charge in [0.2, 0.25) is 0 Å². The van der Waals surface area contributed by atoms with E-state index in [-0.39, 0.29) is 6.04 Å². The van der Waals surface area contributed by atoms with Crippen LogP contribution in [0.15, 0.2) is 18.3 Å². The molecule has 0 saturated carbocycles. The largest absolute Gasteiger partial charge is 0.357 e. The van der Waals surface area contributed by atoms with Crippen LogP contribution in [0.1, 0.15) is 45.2 Å². The zero-order valence-electron chi connectivity index (χ0n) is 10.8. The van der Waals surface area contributed by atoms with Crippen molar-refractivity contribution in [3.63, 3.8) is 0 Å². The predicted molar refractivity (Wildman–Crippen MR) is 69.6 cm³/mol. The van der Waals surface area contributed by atoms with Crippen molar-refractivity contribution in [2.24, 2.45) is 5.73 Å². The van der Waals surface area contributed by atoms with Gasteiger partial charge in [0.05, 0.1) is 0 Å². The lowest BCUT2D eigenvalue weighted by molar-refractivity contribution is 0.586. The molecule has 1 aromatic heterocycles. The third kappa shape index (κ3) is 2.95. The predicted octanol–water partition coefficient (Wildman–Crippen LogP) is 2.73. The average Bonchev–Trinajstić information content (AvgIpc) is 2.30. The van der Waals surface area contributed by atoms with Gasteiger partial charge in [0, 0.05) is 25.3 Å². The Balaban J connectivity index is 2.80. The summed E-state index contributed by atoms with van der Waals surface area (Å²) in [5.41, 5.74) is 6.88. The van der Waals surface area contributed by atoms with Crippen LogP contribution in [0.5, 0.6) is 0 Å². The van der Waals surface area contributed by atoms with E-state index in [0.717, 1.165) is 24.2 Å². The fourth-order valence-electron chi connectivity index (χ4n) is 1.90. The molecule has 0 amide bonds. The van der Waals surface area contributed by atoms with Crippen molar-refractivity contribution in [3.05, 3.63) is 23.9 Å². The van der Waals surface area contributed by atoms with E-state index < -0.39 is 0 Å². The summed E-state index contributed by atoms with van der Waals surface area (Å²) < 4.78 is 0. The molecule has 0 radical (unpaired) electrons. The molecule has 1 aromatic rings. The standard InChI is InChI=1S/C13H23N3/c1-5-12(6-2)16(4)13-8-7-11(9-15-13)10(3)14/h7-10,12H,5-6,14H2,1-4H3/t10-/m0/s1. The second-order valence-corrected chi connectivity index (χ2v) is 4.32. The Bertz CT molecular complexity index is 301. The molecule has 0 fully saturated rings. The van der Waals surface area contributed by atoms with Crippen LogP contribution in [0.25, 0.3) is 0 Å². The van der Waals surface area contributed by atoms with Crippen molar-refractivity contribution in [1.29, 1.82) is 0 Å². The molecule has 16 heavy (non-hydrogen) atoms. The zero-order valence-corrected chi connectivity index (χ0v) is 10.8. The SMILES string of the molecule is CCC(CC)N(C)c1ccc([C@H](C)N)cn1. The van der Waals surface area contributed by atoms with E-state index in [0.29, 0.717) is 6.04 Å². The van der Waals surface area contributed by atoms with Gasteiger partial charge in [-0.1, -0.05) is 19.9 Å². The lowest BCUT2D eigenvalue weighted by Crippen LogP contribution is -2.31. The minimum Gasteiger partial charge on any atom is -0.357 e. The first kappa shape index (κ1) is 13.0. The molecule has 0 aromatic carbocycles. The van der Waals surface area contributed by atoms with E-state index in [4.69, 9.17) is 5.73 Å². The minimum atomic E-state index is 0.0556. The molecule has 0 aliphatic carbocycles. The van der Waals surface area contributed by atoms with Gasteiger partial charge >= 0.3 is 0 Å². The number of hydrogen-bond acceptors (Lipinski definition) is 3. The summed E-state index contributed by atoms with van der Waals surface area (Å²) in [5, 5.41) is 0. The molecule has 0 unspecified atom stereocenters. The first-order chi connectivity index (χ1) is 7.60. The molecule has 0 aliphatic rings. The third-order valence-electron chi connectivity index (χ3n) is 3.15. The zero-order chi connectivity index (χ0) is 12.1. The van der Waals surface area contributed by atoms with Gasteiger partial charge < -0.3 is 10.6 Å². The summed E-state index contributed by atoms with van der Waals surface area (Å²) in [4.78, 5) is 6.70. The van der Waals surface area contributed by atoms with Crippen LogP contribution in [0.2, 0.25) is 0 Å². The number of nitrogens with zero attached hydrogens (tertiary/aromatic N) is 2. The molecule has 90 valence electrons. The van der Waals surface area contributed by atoms with Crippen LogP contribution in [-0.2, 0) is 0 Å². The van der Waals surface area contributed by atoms with Gasteiger partial charge in [-0.15, -0.1) is 0 Å². The van der Waals surface area contributed by atoms with Crippen LogP contribution in [-0.4, -0.2) is 18.1 Å². The second-order valence-electron chi connectivity index (χ2n) is 4.32. The minimum absolute atomic E-state index is 0.0556. The van der Waals surface area contributed by atoms with Crippen LogP contribution in [0.4, 0.5) is 5.82 Å². The van der Waals surface area contributed by atoms with Crippen molar-refractivity contribution in [1.82, 2.24) is 4.98 Å². The molecule has 2 N–H and O–H groups in total. The molecular formula is C13H23N3. The number of nitrogens with two attached hydrogens (primary N) is 1. The van der Waals surface area contributed by atoms with Gasteiger partial charge in [-0.25, -0.2) is 4.98 Å². The monoisotopic (exact) mass is 221 g/mol. The highest BCUT2D eigenvalue weighted by Crippen LogP contribution is 2.17. The second kappa shape index (κ2) is 5.85. The smallest absolute Gasteiger partial charge is 0.128 e. The number of rotatable bonds is 5. The molecule has 0 spiro atoms. The molecule has 1 heterocycles. The summed E-state index contributed by atoms with van der Waals surface area (Å²) in [6, 6.07) is 4.73. The lowest BCUT2D eigenvalue weighted by Gasteiger charge is -2.27. The molecule has 0 aliphatic heterocycles. The molecular weight excluding hydrogens is 198 g/mol. The first-order valence-corrected chi connectivity index (χ1v) is 6.04. The van der Waals surface area contributed by atoms with Crippen molar-refractivity contribution < 1.29 is 0 Å². The Kier molecular flexibility index (Phi) is 4.74. The Hall–Kier alpha value is -1.09. The number of hydrogen-bond donors (Lipinski definition) is 1. The third-order valence-corrected chi connectivity index (χ3v) is 3.15. The molecule has 0 bridgehead atoms. The summed E-state index contributed by atoms with van der Waals surface area (Å²) in [5.74, 6) is 1.03. The summed E-state index contributed by atoms with van der Waals surface area (Å²) >= 11 is 0. The van der Waals surface area contributed by atoms with Gasteiger partial charge in [0.15, 0.2) is 0 Å². The van der Waals surface area contributed by atoms with E-state index in [2.05, 4.69) is 42.9 Å². The quantitative estimate of drug-likeness (QED) is 0.831. The van der Waals surface area contributed by atoms with Crippen LogP contribution in [0, 0.1) is 0 Å². The lowest BCUT2D eigenvalue weighted by atomic mass is 10.1. The topological polar surface area (TPSA) is 42.1 Å². The van der Waals surface area contributed by atoms with E-state index in [1.54, 1.807) is 0 Å². The van der Waals surface area contributed by atoms with E-state index in [9.17, 15) is 0 Å². The van der Waals surface area contributed by atoms with Crippen molar-refractivity contribution in [2.75, 3.05) is 11.9 Å². The van der Waals surface area contributed by atoms with Gasteiger partial charge in [0.25, 0.3) is 0 Å². The average molecular weight is 221 g/mol. The van der Waals surface area contributed by atoms with Gasteiger partial charge in [-0.2, -0.15) is 0 Å². The Morgan fingerprint density at radius 3 is 2.31 bits per heavy atom. The highest BCUT2D eigenvalue weighted by molar-refractivity contribution is 5.39. The van der Waals surface area contributed by atoms with E-state index in [1.807, 2.05) is 13.1 Å². The maximum absolute atomic E-state index is 5.80. The number of pyridine rings is 1. The van der Waals surface area contributed by atoms with Gasteiger partial charge in [0.1, 0.15) is 5.82 Å². The van der Waals surface area contributed by atoms with Crippen LogP contribution >= 0.6 is 0 Å². The normalized spacial score (nSPS) is 12.9. The van der Waals surface area contributed by atoms with E-state index >= 15 is 0 Å². The highest BCUT2D eigenvalue weighted by atomic mass is 15.2. The molecule has 0 saturated heterocycles. The maximum atomic E-state index is 5.80. The van der Waals surface area contributed by atoms with Crippen molar-refractivity contribution >= 4 is 5.82 Å². The van der Waals surface area contributed by atoms with Crippen LogP contribution < -0.4 is 10.6 Å². The number of aromatic nitrogens is 1. The first-order valence-electron chi connectivity index (χ1n) is 6.04. The molecule has 1 atom stereocenters. The molecule has 3 nitrogen and oxygen atoms in total. The molecule has 3 heteroatoms. The fourth-order valence-corrected chi connectivity index (χ4v) is 1.90. The Labute approximate surface area is 98.7 Å².